The summed E-state index contributed by atoms with van der Waals surface area (Å²) in [6, 6.07) is 0. The fraction of sp³-hybridized carbons (Fsp3) is 0.909. The predicted molar refractivity (Wildman–Crippen MR) is 64.5 cm³/mol. The molecule has 5 N–H and O–H groups in total. The molecule has 1 radical (unpaired) electrons. The van der Waals surface area contributed by atoms with Crippen LogP contribution in [0.2, 0.25) is 6.32 Å². The maximum atomic E-state index is 11.4. The highest BCUT2D eigenvalue weighted by Gasteiger charge is 2.56. The molecular formula is C11H20BN2O3. The Morgan fingerprint density at radius 2 is 2.29 bits per heavy atom. The number of carbonyl (C=O) groups is 1. The predicted octanol–water partition coefficient (Wildman–Crippen LogP) is -0.566. The molecule has 1 heterocycles. The molecule has 0 aromatic carbocycles. The standard InChI is InChI=1S/C11H20BN2O3/c13-11(10(15)16)4-7-5-14-6-8(7)9(11)2-1-3-12-17/h7-9,14,17H,1-6,13H2,(H,15,16)/t7-,8+,9?,11?/m0/s1. The second-order valence-electron chi connectivity index (χ2n) is 5.35. The van der Waals surface area contributed by atoms with Crippen LogP contribution in [0.3, 0.4) is 0 Å². The lowest BCUT2D eigenvalue weighted by atomic mass is 9.78. The number of rotatable bonds is 5. The first-order chi connectivity index (χ1) is 8.09. The highest BCUT2D eigenvalue weighted by molar-refractivity contribution is 6.25. The molecule has 0 aromatic rings. The molecule has 2 fully saturated rings. The number of nitrogens with one attached hydrogen (secondary N) is 1. The van der Waals surface area contributed by atoms with Crippen LogP contribution < -0.4 is 11.1 Å². The third-order valence-electron chi connectivity index (χ3n) is 4.42. The molecule has 2 aliphatic rings. The molecule has 0 spiro atoms. The van der Waals surface area contributed by atoms with Gasteiger partial charge in [0.25, 0.3) is 7.48 Å². The van der Waals surface area contributed by atoms with Crippen LogP contribution in [0.1, 0.15) is 19.3 Å². The van der Waals surface area contributed by atoms with Crippen molar-refractivity contribution in [3.05, 3.63) is 0 Å². The summed E-state index contributed by atoms with van der Waals surface area (Å²) in [6.07, 6.45) is 2.77. The number of hydrogen-bond donors (Lipinski definition) is 4. The first-order valence-corrected chi connectivity index (χ1v) is 6.28. The number of carboxylic acids is 1. The molecule has 2 rings (SSSR count). The minimum absolute atomic E-state index is 0.0277. The summed E-state index contributed by atoms with van der Waals surface area (Å²) >= 11 is 0. The van der Waals surface area contributed by atoms with Crippen molar-refractivity contribution in [3.8, 4) is 0 Å². The maximum Gasteiger partial charge on any atom is 0.323 e. The van der Waals surface area contributed by atoms with Crippen molar-refractivity contribution in [3.63, 3.8) is 0 Å². The van der Waals surface area contributed by atoms with Crippen LogP contribution >= 0.6 is 0 Å². The molecule has 2 unspecified atom stereocenters. The molecule has 0 amide bonds. The quantitative estimate of drug-likeness (QED) is 0.381. The van der Waals surface area contributed by atoms with Gasteiger partial charge in [0.15, 0.2) is 0 Å². The van der Waals surface area contributed by atoms with Crippen molar-refractivity contribution < 1.29 is 14.9 Å². The molecule has 1 aliphatic heterocycles. The van der Waals surface area contributed by atoms with Gasteiger partial charge in [-0.05, 0) is 43.7 Å². The second-order valence-corrected chi connectivity index (χ2v) is 5.35. The van der Waals surface area contributed by atoms with Gasteiger partial charge in [-0.1, -0.05) is 12.7 Å². The third kappa shape index (κ3) is 2.21. The van der Waals surface area contributed by atoms with E-state index in [1.807, 2.05) is 0 Å². The minimum Gasteiger partial charge on any atom is -0.480 e. The van der Waals surface area contributed by atoms with Crippen molar-refractivity contribution in [1.29, 1.82) is 0 Å². The van der Waals surface area contributed by atoms with E-state index in [1.165, 1.54) is 0 Å². The molecule has 0 aromatic heterocycles. The van der Waals surface area contributed by atoms with Gasteiger partial charge in [-0.15, -0.1) is 0 Å². The van der Waals surface area contributed by atoms with E-state index in [2.05, 4.69) is 5.32 Å². The lowest BCUT2D eigenvalue weighted by Crippen LogP contribution is -2.53. The monoisotopic (exact) mass is 239 g/mol. The smallest absolute Gasteiger partial charge is 0.323 e. The van der Waals surface area contributed by atoms with E-state index in [0.29, 0.717) is 24.6 Å². The lowest BCUT2D eigenvalue weighted by molar-refractivity contribution is -0.145. The van der Waals surface area contributed by atoms with Crippen LogP contribution in [0.4, 0.5) is 0 Å². The van der Waals surface area contributed by atoms with Gasteiger partial charge in [-0.3, -0.25) is 4.79 Å². The number of carboxylic acid groups (broad SMARTS) is 1. The SMILES string of the molecule is NC1(C(=O)O)C[C@H]2CNC[C@H]2C1CCC[B]O. The van der Waals surface area contributed by atoms with Gasteiger partial charge in [0.05, 0.1) is 0 Å². The Morgan fingerprint density at radius 1 is 1.53 bits per heavy atom. The van der Waals surface area contributed by atoms with Crippen LogP contribution in [-0.2, 0) is 4.79 Å². The Labute approximate surface area is 102 Å². The zero-order chi connectivity index (χ0) is 12.5. The van der Waals surface area contributed by atoms with Gasteiger partial charge in [0.2, 0.25) is 0 Å². The first kappa shape index (κ1) is 12.9. The average Bonchev–Trinajstić information content (AvgIpc) is 2.80. The largest absolute Gasteiger partial charge is 0.480 e. The molecular weight excluding hydrogens is 219 g/mol. The molecule has 4 atom stereocenters. The van der Waals surface area contributed by atoms with E-state index in [1.54, 1.807) is 0 Å². The molecule has 1 saturated heterocycles. The lowest BCUT2D eigenvalue weighted by Gasteiger charge is -2.30. The third-order valence-corrected chi connectivity index (χ3v) is 4.42. The summed E-state index contributed by atoms with van der Waals surface area (Å²) in [6.45, 7) is 1.77. The Balaban J connectivity index is 2.08. The van der Waals surface area contributed by atoms with E-state index in [4.69, 9.17) is 10.8 Å². The number of aliphatic carboxylic acids is 1. The highest BCUT2D eigenvalue weighted by atomic mass is 16.4. The van der Waals surface area contributed by atoms with Crippen LogP contribution in [0.25, 0.3) is 0 Å². The fourth-order valence-electron chi connectivity index (χ4n) is 3.56. The molecule has 95 valence electrons. The van der Waals surface area contributed by atoms with Gasteiger partial charge in [0, 0.05) is 0 Å². The molecule has 0 bridgehead atoms. The van der Waals surface area contributed by atoms with Crippen molar-refractivity contribution in [2.75, 3.05) is 13.1 Å². The van der Waals surface area contributed by atoms with Crippen LogP contribution in [-0.4, -0.2) is 42.2 Å². The normalized spacial score (nSPS) is 40.2. The Hall–Kier alpha value is -0.585. The average molecular weight is 239 g/mol. The summed E-state index contributed by atoms with van der Waals surface area (Å²) < 4.78 is 0. The van der Waals surface area contributed by atoms with E-state index < -0.39 is 11.5 Å². The summed E-state index contributed by atoms with van der Waals surface area (Å²) in [7, 11) is 1.14. The second kappa shape index (κ2) is 4.96. The highest BCUT2D eigenvalue weighted by Crippen LogP contribution is 2.47. The molecule has 1 saturated carbocycles. The fourth-order valence-corrected chi connectivity index (χ4v) is 3.56. The zero-order valence-electron chi connectivity index (χ0n) is 9.93. The van der Waals surface area contributed by atoms with Gasteiger partial charge >= 0.3 is 5.97 Å². The Bertz CT molecular complexity index is 302. The molecule has 17 heavy (non-hydrogen) atoms. The van der Waals surface area contributed by atoms with Crippen molar-refractivity contribution >= 4 is 13.5 Å². The summed E-state index contributed by atoms with van der Waals surface area (Å²) in [4.78, 5) is 11.4. The number of nitrogens with two attached hydrogens (primary N) is 1. The van der Waals surface area contributed by atoms with Crippen molar-refractivity contribution in [2.24, 2.45) is 23.5 Å². The summed E-state index contributed by atoms with van der Waals surface area (Å²) in [5.74, 6) is -0.0566. The van der Waals surface area contributed by atoms with Gasteiger partial charge < -0.3 is 21.2 Å². The first-order valence-electron chi connectivity index (χ1n) is 6.28. The summed E-state index contributed by atoms with van der Waals surface area (Å²) in [5, 5.41) is 21.3. The van der Waals surface area contributed by atoms with E-state index in [0.717, 1.165) is 33.4 Å². The Kier molecular flexibility index (Phi) is 3.75. The van der Waals surface area contributed by atoms with E-state index in [-0.39, 0.29) is 5.92 Å². The number of fused-ring (bicyclic) bond motifs is 1. The maximum absolute atomic E-state index is 11.4. The van der Waals surface area contributed by atoms with Crippen molar-refractivity contribution in [1.82, 2.24) is 5.32 Å². The molecule has 5 nitrogen and oxygen atoms in total. The van der Waals surface area contributed by atoms with E-state index in [9.17, 15) is 9.90 Å². The van der Waals surface area contributed by atoms with Gasteiger partial charge in [-0.2, -0.15) is 0 Å². The van der Waals surface area contributed by atoms with Crippen LogP contribution in [0.5, 0.6) is 0 Å². The topological polar surface area (TPSA) is 95.6 Å². The van der Waals surface area contributed by atoms with E-state index >= 15 is 0 Å². The van der Waals surface area contributed by atoms with Crippen LogP contribution in [0.15, 0.2) is 0 Å². The summed E-state index contributed by atoms with van der Waals surface area (Å²) in [5.41, 5.74) is 5.06. The van der Waals surface area contributed by atoms with Gasteiger partial charge in [0.1, 0.15) is 5.54 Å². The minimum atomic E-state index is -1.06. The Morgan fingerprint density at radius 3 is 2.94 bits per heavy atom. The van der Waals surface area contributed by atoms with Crippen LogP contribution in [0, 0.1) is 17.8 Å². The molecule has 1 aliphatic carbocycles. The van der Waals surface area contributed by atoms with Gasteiger partial charge in [-0.25, -0.2) is 0 Å². The zero-order valence-corrected chi connectivity index (χ0v) is 9.93. The number of hydrogen-bond acceptors (Lipinski definition) is 4. The van der Waals surface area contributed by atoms with Crippen molar-refractivity contribution in [2.45, 2.75) is 31.1 Å². The molecule has 6 heteroatoms.